The summed E-state index contributed by atoms with van der Waals surface area (Å²) in [5.74, 6) is 0.779. The maximum atomic E-state index is 4.20. The van der Waals surface area contributed by atoms with Crippen molar-refractivity contribution in [2.24, 2.45) is 5.92 Å². The number of aryl methyl sites for hydroxylation is 2. The lowest BCUT2D eigenvalue weighted by Gasteiger charge is -2.05. The van der Waals surface area contributed by atoms with E-state index in [2.05, 4.69) is 31.0 Å². The highest BCUT2D eigenvalue weighted by atomic mass is 15.1. The quantitative estimate of drug-likeness (QED) is 0.588. The summed E-state index contributed by atoms with van der Waals surface area (Å²) in [6.07, 6.45) is 13.8. The molecule has 0 unspecified atom stereocenters. The summed E-state index contributed by atoms with van der Waals surface area (Å²) in [7, 11) is 0. The van der Waals surface area contributed by atoms with Crippen molar-refractivity contribution >= 4 is 0 Å². The number of unbranched alkanes of at least 4 members (excludes halogenated alkanes) is 5. The molecule has 0 aliphatic carbocycles. The van der Waals surface area contributed by atoms with E-state index >= 15 is 0 Å². The van der Waals surface area contributed by atoms with Crippen LogP contribution in [-0.4, -0.2) is 10.2 Å². The van der Waals surface area contributed by atoms with Crippen LogP contribution in [-0.2, 0) is 12.8 Å². The van der Waals surface area contributed by atoms with Gasteiger partial charge in [-0.15, -0.1) is 0 Å². The number of H-pyrrole nitrogens is 1. The lowest BCUT2D eigenvalue weighted by atomic mass is 10.0. The van der Waals surface area contributed by atoms with Crippen LogP contribution in [0.1, 0.15) is 77.0 Å². The number of nitrogens with one attached hydrogen (secondary N) is 1. The molecule has 1 rings (SSSR count). The molecule has 0 spiro atoms. The van der Waals surface area contributed by atoms with E-state index in [0.717, 1.165) is 5.92 Å². The van der Waals surface area contributed by atoms with E-state index in [1.165, 1.54) is 69.0 Å². The second kappa shape index (κ2) is 9.18. The number of aromatic amines is 1. The van der Waals surface area contributed by atoms with Crippen molar-refractivity contribution in [2.45, 2.75) is 78.6 Å². The van der Waals surface area contributed by atoms with E-state index in [1.54, 1.807) is 0 Å². The van der Waals surface area contributed by atoms with Gasteiger partial charge in [-0.3, -0.25) is 5.10 Å². The fraction of sp³-hybridized carbons (Fsp3) is 0.812. The highest BCUT2D eigenvalue weighted by molar-refractivity contribution is 5.16. The number of nitrogens with zero attached hydrogens (tertiary/aromatic N) is 1. The fourth-order valence-electron chi connectivity index (χ4n) is 2.30. The molecule has 0 saturated carbocycles. The van der Waals surface area contributed by atoms with Crippen molar-refractivity contribution in [1.82, 2.24) is 10.2 Å². The second-order valence-corrected chi connectivity index (χ2v) is 5.82. The maximum Gasteiger partial charge on any atom is 0.0522 e. The van der Waals surface area contributed by atoms with Crippen molar-refractivity contribution in [3.8, 4) is 0 Å². The molecule has 1 heterocycles. The highest BCUT2D eigenvalue weighted by Gasteiger charge is 2.05. The molecule has 0 atom stereocenters. The van der Waals surface area contributed by atoms with Gasteiger partial charge in [0.25, 0.3) is 0 Å². The van der Waals surface area contributed by atoms with Crippen LogP contribution in [0.4, 0.5) is 0 Å². The van der Waals surface area contributed by atoms with Gasteiger partial charge < -0.3 is 0 Å². The second-order valence-electron chi connectivity index (χ2n) is 5.82. The van der Waals surface area contributed by atoms with E-state index in [1.807, 2.05) is 6.20 Å². The Morgan fingerprint density at radius 1 is 1.06 bits per heavy atom. The zero-order valence-electron chi connectivity index (χ0n) is 12.5. The van der Waals surface area contributed by atoms with E-state index in [4.69, 9.17) is 0 Å². The summed E-state index contributed by atoms with van der Waals surface area (Å²) in [5, 5.41) is 7.38. The van der Waals surface area contributed by atoms with Crippen LogP contribution in [0, 0.1) is 5.92 Å². The Balaban J connectivity index is 2.19. The smallest absolute Gasteiger partial charge is 0.0522 e. The van der Waals surface area contributed by atoms with E-state index in [-0.39, 0.29) is 0 Å². The predicted molar refractivity (Wildman–Crippen MR) is 78.8 cm³/mol. The SMILES string of the molecule is CCCCCCCCc1[nH]ncc1CCC(C)C. The first-order valence-electron chi connectivity index (χ1n) is 7.75. The minimum atomic E-state index is 0.779. The Morgan fingerprint density at radius 3 is 2.50 bits per heavy atom. The number of rotatable bonds is 10. The molecule has 2 nitrogen and oxygen atoms in total. The minimum absolute atomic E-state index is 0.779. The Bertz CT molecular complexity index is 302. The molecule has 0 bridgehead atoms. The summed E-state index contributed by atoms with van der Waals surface area (Å²) in [6, 6.07) is 0. The third-order valence-corrected chi connectivity index (χ3v) is 3.58. The van der Waals surface area contributed by atoms with Crippen molar-refractivity contribution in [3.63, 3.8) is 0 Å². The van der Waals surface area contributed by atoms with Crippen LogP contribution in [0.25, 0.3) is 0 Å². The standard InChI is InChI=1S/C16H30N2/c1-4-5-6-7-8-9-10-16-15(13-17-18-16)12-11-14(2)3/h13-14H,4-12H2,1-3H3,(H,17,18). The van der Waals surface area contributed by atoms with Crippen LogP contribution in [0.5, 0.6) is 0 Å². The average molecular weight is 250 g/mol. The topological polar surface area (TPSA) is 28.7 Å². The van der Waals surface area contributed by atoms with Gasteiger partial charge in [-0.05, 0) is 37.2 Å². The first-order valence-corrected chi connectivity index (χ1v) is 7.75. The Morgan fingerprint density at radius 2 is 1.78 bits per heavy atom. The Hall–Kier alpha value is -0.790. The lowest BCUT2D eigenvalue weighted by molar-refractivity contribution is 0.580. The van der Waals surface area contributed by atoms with Crippen molar-refractivity contribution in [1.29, 1.82) is 0 Å². The van der Waals surface area contributed by atoms with Crippen LogP contribution in [0.15, 0.2) is 6.20 Å². The zero-order chi connectivity index (χ0) is 13.2. The summed E-state index contributed by atoms with van der Waals surface area (Å²) in [4.78, 5) is 0. The molecule has 2 heteroatoms. The fourth-order valence-corrected chi connectivity index (χ4v) is 2.30. The van der Waals surface area contributed by atoms with Crippen LogP contribution in [0.3, 0.4) is 0 Å². The third kappa shape index (κ3) is 6.23. The number of hydrogen-bond acceptors (Lipinski definition) is 1. The molecule has 0 aromatic carbocycles. The van der Waals surface area contributed by atoms with Crippen molar-refractivity contribution in [2.75, 3.05) is 0 Å². The molecule has 0 radical (unpaired) electrons. The molecule has 0 amide bonds. The number of aromatic nitrogens is 2. The summed E-state index contributed by atoms with van der Waals surface area (Å²) in [6.45, 7) is 6.84. The van der Waals surface area contributed by atoms with Gasteiger partial charge in [0.1, 0.15) is 0 Å². The molecular formula is C16H30N2. The Kier molecular flexibility index (Phi) is 7.79. The lowest BCUT2D eigenvalue weighted by Crippen LogP contribution is -1.96. The molecule has 1 aromatic rings. The van der Waals surface area contributed by atoms with Crippen LogP contribution < -0.4 is 0 Å². The molecule has 1 aromatic heterocycles. The first kappa shape index (κ1) is 15.3. The molecule has 104 valence electrons. The van der Waals surface area contributed by atoms with Gasteiger partial charge in [-0.1, -0.05) is 52.9 Å². The molecule has 18 heavy (non-hydrogen) atoms. The molecule has 0 saturated heterocycles. The molecule has 1 N–H and O–H groups in total. The van der Waals surface area contributed by atoms with Crippen molar-refractivity contribution in [3.05, 3.63) is 17.5 Å². The van der Waals surface area contributed by atoms with Gasteiger partial charge in [0.15, 0.2) is 0 Å². The predicted octanol–water partition coefficient (Wildman–Crippen LogP) is 4.90. The normalized spacial score (nSPS) is 11.3. The summed E-state index contributed by atoms with van der Waals surface area (Å²) >= 11 is 0. The zero-order valence-corrected chi connectivity index (χ0v) is 12.5. The average Bonchev–Trinajstić information content (AvgIpc) is 2.78. The van der Waals surface area contributed by atoms with E-state index in [9.17, 15) is 0 Å². The van der Waals surface area contributed by atoms with Gasteiger partial charge in [0.2, 0.25) is 0 Å². The van der Waals surface area contributed by atoms with E-state index < -0.39 is 0 Å². The Labute approximate surface area is 113 Å². The van der Waals surface area contributed by atoms with Gasteiger partial charge >= 0.3 is 0 Å². The molecule has 0 fully saturated rings. The van der Waals surface area contributed by atoms with Crippen LogP contribution >= 0.6 is 0 Å². The van der Waals surface area contributed by atoms with E-state index in [0.29, 0.717) is 0 Å². The molecule has 0 aliphatic heterocycles. The number of hydrogen-bond donors (Lipinski definition) is 1. The van der Waals surface area contributed by atoms with Crippen LogP contribution in [0.2, 0.25) is 0 Å². The maximum absolute atomic E-state index is 4.20. The van der Waals surface area contributed by atoms with Gasteiger partial charge in [-0.2, -0.15) is 5.10 Å². The van der Waals surface area contributed by atoms with Gasteiger partial charge in [-0.25, -0.2) is 0 Å². The molecular weight excluding hydrogens is 220 g/mol. The monoisotopic (exact) mass is 250 g/mol. The highest BCUT2D eigenvalue weighted by Crippen LogP contribution is 2.15. The van der Waals surface area contributed by atoms with Gasteiger partial charge in [0.05, 0.1) is 6.20 Å². The summed E-state index contributed by atoms with van der Waals surface area (Å²) < 4.78 is 0. The van der Waals surface area contributed by atoms with Gasteiger partial charge in [0, 0.05) is 5.69 Å². The first-order chi connectivity index (χ1) is 8.74. The van der Waals surface area contributed by atoms with Crippen molar-refractivity contribution < 1.29 is 0 Å². The molecule has 0 aliphatic rings. The largest absolute Gasteiger partial charge is 0.282 e. The minimum Gasteiger partial charge on any atom is -0.282 e. The third-order valence-electron chi connectivity index (χ3n) is 3.58. The summed E-state index contributed by atoms with van der Waals surface area (Å²) in [5.41, 5.74) is 2.82.